The van der Waals surface area contributed by atoms with Crippen LogP contribution in [0.4, 0.5) is 0 Å². The van der Waals surface area contributed by atoms with E-state index in [1.807, 2.05) is 0 Å². The van der Waals surface area contributed by atoms with E-state index in [-0.39, 0.29) is 12.1 Å². The van der Waals surface area contributed by atoms with Gasteiger partial charge in [0.25, 0.3) is 0 Å². The molecule has 0 spiro atoms. The van der Waals surface area contributed by atoms with Crippen molar-refractivity contribution < 1.29 is 4.74 Å². The lowest BCUT2D eigenvalue weighted by Gasteiger charge is -2.28. The molecule has 0 amide bonds. The second-order valence-corrected chi connectivity index (χ2v) is 6.01. The fourth-order valence-corrected chi connectivity index (χ4v) is 2.37. The van der Waals surface area contributed by atoms with Crippen LogP contribution in [0.2, 0.25) is 0 Å². The lowest BCUT2D eigenvalue weighted by atomic mass is 10.0. The molecular formula is C15H25BrN2O. The van der Waals surface area contributed by atoms with Crippen molar-refractivity contribution in [2.45, 2.75) is 32.9 Å². The molecule has 108 valence electrons. The van der Waals surface area contributed by atoms with Crippen LogP contribution in [-0.4, -0.2) is 37.7 Å². The number of ether oxygens (including phenoxy) is 1. The highest BCUT2D eigenvalue weighted by Crippen LogP contribution is 2.24. The summed E-state index contributed by atoms with van der Waals surface area (Å²) in [5, 5.41) is 0. The minimum Gasteiger partial charge on any atom is -0.377 e. The third kappa shape index (κ3) is 5.22. The van der Waals surface area contributed by atoms with E-state index in [1.54, 1.807) is 0 Å². The van der Waals surface area contributed by atoms with Gasteiger partial charge in [0.15, 0.2) is 0 Å². The number of nitrogens with zero attached hydrogens (tertiary/aromatic N) is 1. The van der Waals surface area contributed by atoms with Gasteiger partial charge in [-0.05, 0) is 45.0 Å². The molecule has 2 N–H and O–H groups in total. The summed E-state index contributed by atoms with van der Waals surface area (Å²) in [5.74, 6) is 0. The molecule has 0 fully saturated rings. The maximum atomic E-state index is 5.93. The largest absolute Gasteiger partial charge is 0.377 e. The van der Waals surface area contributed by atoms with Crippen molar-refractivity contribution in [3.63, 3.8) is 0 Å². The molecule has 0 saturated heterocycles. The third-order valence-electron chi connectivity index (χ3n) is 3.23. The fraction of sp³-hybridized carbons (Fsp3) is 0.600. The van der Waals surface area contributed by atoms with Gasteiger partial charge >= 0.3 is 0 Å². The van der Waals surface area contributed by atoms with Gasteiger partial charge in [-0.1, -0.05) is 28.1 Å². The van der Waals surface area contributed by atoms with Gasteiger partial charge in [-0.15, -0.1) is 0 Å². The number of likely N-dealkylation sites (N-methyl/N-ethyl adjacent to an activating group) is 1. The predicted molar refractivity (Wildman–Crippen MR) is 84.4 cm³/mol. The molecule has 1 rings (SSSR count). The Morgan fingerprint density at radius 2 is 2.05 bits per heavy atom. The predicted octanol–water partition coefficient (Wildman–Crippen LogP) is 3.11. The van der Waals surface area contributed by atoms with Gasteiger partial charge in [0.05, 0.1) is 12.7 Å². The molecule has 0 saturated carbocycles. The monoisotopic (exact) mass is 328 g/mol. The molecule has 1 aromatic rings. The van der Waals surface area contributed by atoms with Crippen molar-refractivity contribution in [3.8, 4) is 0 Å². The van der Waals surface area contributed by atoms with Crippen LogP contribution in [0, 0.1) is 6.92 Å². The minimum absolute atomic E-state index is 0.229. The van der Waals surface area contributed by atoms with E-state index in [2.05, 4.69) is 66.8 Å². The number of hydrogen-bond acceptors (Lipinski definition) is 3. The average Bonchev–Trinajstić information content (AvgIpc) is 2.34. The van der Waals surface area contributed by atoms with E-state index in [0.717, 1.165) is 17.6 Å². The Bertz CT molecular complexity index is 396. The second-order valence-electron chi connectivity index (χ2n) is 5.16. The normalized spacial score (nSPS) is 13.3. The van der Waals surface area contributed by atoms with Gasteiger partial charge in [0.1, 0.15) is 0 Å². The van der Waals surface area contributed by atoms with Gasteiger partial charge < -0.3 is 10.5 Å². The van der Waals surface area contributed by atoms with Crippen LogP contribution >= 0.6 is 15.9 Å². The molecule has 0 aromatic heterocycles. The number of rotatable bonds is 7. The van der Waals surface area contributed by atoms with Crippen molar-refractivity contribution in [2.75, 3.05) is 26.7 Å². The van der Waals surface area contributed by atoms with E-state index in [1.165, 1.54) is 11.1 Å². The molecule has 4 heteroatoms. The van der Waals surface area contributed by atoms with E-state index in [9.17, 15) is 0 Å². The smallest absolute Gasteiger partial charge is 0.0597 e. The number of benzene rings is 1. The first-order valence-electron chi connectivity index (χ1n) is 6.73. The maximum absolute atomic E-state index is 5.93. The lowest BCUT2D eigenvalue weighted by Crippen LogP contribution is -2.33. The first kappa shape index (κ1) is 16.6. The summed E-state index contributed by atoms with van der Waals surface area (Å²) >= 11 is 3.58. The van der Waals surface area contributed by atoms with Crippen LogP contribution in [0.5, 0.6) is 0 Å². The van der Waals surface area contributed by atoms with Crippen molar-refractivity contribution in [1.29, 1.82) is 0 Å². The summed E-state index contributed by atoms with van der Waals surface area (Å²) in [7, 11) is 2.09. The Morgan fingerprint density at radius 1 is 1.37 bits per heavy atom. The van der Waals surface area contributed by atoms with Crippen LogP contribution in [0.1, 0.15) is 31.0 Å². The van der Waals surface area contributed by atoms with E-state index in [4.69, 9.17) is 10.5 Å². The third-order valence-corrected chi connectivity index (χ3v) is 4.09. The summed E-state index contributed by atoms with van der Waals surface area (Å²) in [6.07, 6.45) is 0.276. The molecule has 0 aliphatic rings. The first-order chi connectivity index (χ1) is 8.95. The zero-order valence-electron chi connectivity index (χ0n) is 12.3. The SMILES string of the molecule is Cc1ccc(C(CN)N(C)CCOC(C)C)cc1Br. The molecule has 1 aromatic carbocycles. The Labute approximate surface area is 125 Å². The molecule has 3 nitrogen and oxygen atoms in total. The molecular weight excluding hydrogens is 304 g/mol. The molecule has 19 heavy (non-hydrogen) atoms. The highest BCUT2D eigenvalue weighted by atomic mass is 79.9. The van der Waals surface area contributed by atoms with Gasteiger partial charge in [-0.2, -0.15) is 0 Å². The van der Waals surface area contributed by atoms with Crippen LogP contribution in [-0.2, 0) is 4.74 Å². The lowest BCUT2D eigenvalue weighted by molar-refractivity contribution is 0.0564. The van der Waals surface area contributed by atoms with E-state index in [0.29, 0.717) is 6.54 Å². The quantitative estimate of drug-likeness (QED) is 0.835. The second kappa shape index (κ2) is 8.00. The van der Waals surface area contributed by atoms with E-state index < -0.39 is 0 Å². The summed E-state index contributed by atoms with van der Waals surface area (Å²) in [6.45, 7) is 8.41. The topological polar surface area (TPSA) is 38.5 Å². The molecule has 0 radical (unpaired) electrons. The number of halogens is 1. The number of nitrogens with two attached hydrogens (primary N) is 1. The summed E-state index contributed by atoms with van der Waals surface area (Å²) in [4.78, 5) is 2.25. The molecule has 0 aliphatic heterocycles. The van der Waals surface area contributed by atoms with E-state index >= 15 is 0 Å². The Kier molecular flexibility index (Phi) is 7.00. The highest BCUT2D eigenvalue weighted by Gasteiger charge is 2.16. The summed E-state index contributed by atoms with van der Waals surface area (Å²) < 4.78 is 6.73. The Hall–Kier alpha value is -0.420. The van der Waals surface area contributed by atoms with Crippen molar-refractivity contribution in [1.82, 2.24) is 4.90 Å². The zero-order chi connectivity index (χ0) is 14.4. The van der Waals surface area contributed by atoms with Crippen molar-refractivity contribution in [3.05, 3.63) is 33.8 Å². The molecule has 1 atom stereocenters. The number of hydrogen-bond donors (Lipinski definition) is 1. The molecule has 0 bridgehead atoms. The Morgan fingerprint density at radius 3 is 2.58 bits per heavy atom. The fourth-order valence-electron chi connectivity index (χ4n) is 1.98. The van der Waals surface area contributed by atoms with Crippen LogP contribution < -0.4 is 5.73 Å². The first-order valence-corrected chi connectivity index (χ1v) is 7.53. The van der Waals surface area contributed by atoms with Crippen LogP contribution in [0.15, 0.2) is 22.7 Å². The molecule has 1 unspecified atom stereocenters. The van der Waals surface area contributed by atoms with Crippen molar-refractivity contribution in [2.24, 2.45) is 5.73 Å². The average molecular weight is 329 g/mol. The minimum atomic E-state index is 0.229. The van der Waals surface area contributed by atoms with Crippen molar-refractivity contribution >= 4 is 15.9 Å². The van der Waals surface area contributed by atoms with Gasteiger partial charge in [0, 0.05) is 23.6 Å². The van der Waals surface area contributed by atoms with Gasteiger partial charge in [0.2, 0.25) is 0 Å². The standard InChI is InChI=1S/C15H25BrN2O/c1-11(2)19-8-7-18(4)15(10-17)13-6-5-12(3)14(16)9-13/h5-6,9,11,15H,7-8,10,17H2,1-4H3. The summed E-state index contributed by atoms with van der Waals surface area (Å²) in [5.41, 5.74) is 8.41. The molecule has 0 aliphatic carbocycles. The number of aryl methyl sites for hydroxylation is 1. The molecule has 0 heterocycles. The van der Waals surface area contributed by atoms with Crippen LogP contribution in [0.3, 0.4) is 0 Å². The summed E-state index contributed by atoms with van der Waals surface area (Å²) in [6, 6.07) is 6.66. The zero-order valence-corrected chi connectivity index (χ0v) is 13.9. The van der Waals surface area contributed by atoms with Gasteiger partial charge in [-0.3, -0.25) is 4.90 Å². The highest BCUT2D eigenvalue weighted by molar-refractivity contribution is 9.10. The Balaban J connectivity index is 2.67. The van der Waals surface area contributed by atoms with Gasteiger partial charge in [-0.25, -0.2) is 0 Å². The maximum Gasteiger partial charge on any atom is 0.0597 e. The van der Waals surface area contributed by atoms with Crippen LogP contribution in [0.25, 0.3) is 0 Å².